The van der Waals surface area contributed by atoms with E-state index in [1.54, 1.807) is 12.1 Å². The van der Waals surface area contributed by atoms with E-state index in [1.165, 1.54) is 14.2 Å². The van der Waals surface area contributed by atoms with Gasteiger partial charge in [-0.25, -0.2) is 0 Å². The Bertz CT molecular complexity index is 473. The van der Waals surface area contributed by atoms with Crippen LogP contribution in [0, 0.1) is 0 Å². The molecule has 1 atom stereocenters. The fourth-order valence-corrected chi connectivity index (χ4v) is 2.33. The van der Waals surface area contributed by atoms with Crippen LogP contribution in [0.25, 0.3) is 0 Å². The van der Waals surface area contributed by atoms with Crippen LogP contribution in [0.4, 0.5) is 5.69 Å². The lowest BCUT2D eigenvalue weighted by atomic mass is 10.2. The maximum atomic E-state index is 12.0. The highest BCUT2D eigenvalue weighted by atomic mass is 35.5. The van der Waals surface area contributed by atoms with Crippen molar-refractivity contribution in [2.45, 2.75) is 18.9 Å². The Morgan fingerprint density at radius 2 is 2.11 bits per heavy atom. The fourth-order valence-electron chi connectivity index (χ4n) is 2.09. The van der Waals surface area contributed by atoms with E-state index in [2.05, 4.69) is 10.6 Å². The number of rotatable bonds is 4. The Morgan fingerprint density at radius 3 is 2.68 bits per heavy atom. The number of hydrogen-bond donors (Lipinski definition) is 2. The van der Waals surface area contributed by atoms with Crippen LogP contribution in [0.2, 0.25) is 5.02 Å². The summed E-state index contributed by atoms with van der Waals surface area (Å²) >= 11 is 6.05. The van der Waals surface area contributed by atoms with Crippen LogP contribution in [-0.2, 0) is 4.79 Å². The monoisotopic (exact) mass is 284 g/mol. The highest BCUT2D eigenvalue weighted by Crippen LogP contribution is 2.36. The summed E-state index contributed by atoms with van der Waals surface area (Å²) in [5, 5.41) is 6.40. The molecule has 5 nitrogen and oxygen atoms in total. The number of nitrogens with one attached hydrogen (secondary N) is 2. The largest absolute Gasteiger partial charge is 0.495 e. The second-order valence-electron chi connectivity index (χ2n) is 4.33. The van der Waals surface area contributed by atoms with Gasteiger partial charge in [0.1, 0.15) is 11.5 Å². The predicted molar refractivity (Wildman–Crippen MR) is 74.2 cm³/mol. The van der Waals surface area contributed by atoms with Crippen LogP contribution in [0.1, 0.15) is 12.8 Å². The number of carbonyl (C=O) groups is 1. The zero-order valence-corrected chi connectivity index (χ0v) is 11.7. The van der Waals surface area contributed by atoms with Gasteiger partial charge in [-0.3, -0.25) is 4.79 Å². The lowest BCUT2D eigenvalue weighted by molar-refractivity contribution is -0.117. The van der Waals surface area contributed by atoms with E-state index >= 15 is 0 Å². The third-order valence-corrected chi connectivity index (χ3v) is 3.40. The van der Waals surface area contributed by atoms with E-state index in [9.17, 15) is 4.79 Å². The molecule has 1 aliphatic rings. The molecule has 6 heteroatoms. The molecule has 0 spiro atoms. The number of benzene rings is 1. The number of carbonyl (C=O) groups excluding carboxylic acids is 1. The molecule has 0 unspecified atom stereocenters. The molecule has 1 aromatic rings. The van der Waals surface area contributed by atoms with E-state index in [0.717, 1.165) is 19.4 Å². The number of methoxy groups -OCH3 is 2. The zero-order chi connectivity index (χ0) is 13.8. The third-order valence-electron chi connectivity index (χ3n) is 3.11. The first-order chi connectivity index (χ1) is 9.15. The van der Waals surface area contributed by atoms with Gasteiger partial charge < -0.3 is 20.1 Å². The Morgan fingerprint density at radius 1 is 1.37 bits per heavy atom. The van der Waals surface area contributed by atoms with Crippen molar-refractivity contribution in [2.24, 2.45) is 0 Å². The van der Waals surface area contributed by atoms with Crippen molar-refractivity contribution in [1.29, 1.82) is 0 Å². The zero-order valence-electron chi connectivity index (χ0n) is 11.0. The van der Waals surface area contributed by atoms with Gasteiger partial charge in [-0.05, 0) is 25.5 Å². The molecule has 1 fully saturated rings. The van der Waals surface area contributed by atoms with Crippen molar-refractivity contribution in [3.63, 3.8) is 0 Å². The third kappa shape index (κ3) is 3.11. The Kier molecular flexibility index (Phi) is 4.50. The van der Waals surface area contributed by atoms with Gasteiger partial charge in [0.15, 0.2) is 0 Å². The van der Waals surface area contributed by atoms with Crippen LogP contribution in [0.15, 0.2) is 12.1 Å². The quantitative estimate of drug-likeness (QED) is 0.888. The standard InChI is InChI=1S/C13H17ClN2O3/c1-18-11-7-12(19-2)10(6-8(11)14)16-13(17)9-4-3-5-15-9/h6-7,9,15H,3-5H2,1-2H3,(H,16,17)/t9-/m0/s1. The molecule has 0 aromatic heterocycles. The smallest absolute Gasteiger partial charge is 0.241 e. The first-order valence-electron chi connectivity index (χ1n) is 6.11. The van der Waals surface area contributed by atoms with Gasteiger partial charge >= 0.3 is 0 Å². The maximum Gasteiger partial charge on any atom is 0.241 e. The molecule has 0 radical (unpaired) electrons. The number of anilines is 1. The molecule has 19 heavy (non-hydrogen) atoms. The van der Waals surface area contributed by atoms with E-state index in [-0.39, 0.29) is 11.9 Å². The van der Waals surface area contributed by atoms with Gasteiger partial charge in [0, 0.05) is 6.07 Å². The molecule has 1 aliphatic heterocycles. The fraction of sp³-hybridized carbons (Fsp3) is 0.462. The molecule has 0 bridgehead atoms. The van der Waals surface area contributed by atoms with Crippen LogP contribution in [0.5, 0.6) is 11.5 Å². The molecule has 2 rings (SSSR count). The Hall–Kier alpha value is -1.46. The average Bonchev–Trinajstić information content (AvgIpc) is 2.93. The van der Waals surface area contributed by atoms with Crippen molar-refractivity contribution >= 4 is 23.2 Å². The Balaban J connectivity index is 2.18. The minimum Gasteiger partial charge on any atom is -0.495 e. The van der Waals surface area contributed by atoms with E-state index in [1.807, 2.05) is 0 Å². The van der Waals surface area contributed by atoms with Crippen LogP contribution in [0.3, 0.4) is 0 Å². The normalized spacial score (nSPS) is 18.2. The average molecular weight is 285 g/mol. The molecule has 104 valence electrons. The number of hydrogen-bond acceptors (Lipinski definition) is 4. The summed E-state index contributed by atoms with van der Waals surface area (Å²) in [7, 11) is 3.06. The lowest BCUT2D eigenvalue weighted by Crippen LogP contribution is -2.35. The van der Waals surface area contributed by atoms with E-state index < -0.39 is 0 Å². The van der Waals surface area contributed by atoms with Gasteiger partial charge in [-0.1, -0.05) is 11.6 Å². The summed E-state index contributed by atoms with van der Waals surface area (Å²) in [6, 6.07) is 3.14. The summed E-state index contributed by atoms with van der Waals surface area (Å²) in [6.45, 7) is 0.874. The summed E-state index contributed by atoms with van der Waals surface area (Å²) in [6.07, 6.45) is 1.86. The first-order valence-corrected chi connectivity index (χ1v) is 6.49. The number of ether oxygens (including phenoxy) is 2. The van der Waals surface area contributed by atoms with Crippen LogP contribution in [-0.4, -0.2) is 32.7 Å². The van der Waals surface area contributed by atoms with Crippen molar-refractivity contribution in [2.75, 3.05) is 26.1 Å². The highest BCUT2D eigenvalue weighted by Gasteiger charge is 2.23. The highest BCUT2D eigenvalue weighted by molar-refractivity contribution is 6.32. The first kappa shape index (κ1) is 14.0. The summed E-state index contributed by atoms with van der Waals surface area (Å²) < 4.78 is 10.3. The summed E-state index contributed by atoms with van der Waals surface area (Å²) in [5.74, 6) is 0.958. The van der Waals surface area contributed by atoms with Crippen LogP contribution >= 0.6 is 11.6 Å². The van der Waals surface area contributed by atoms with Gasteiger partial charge in [0.25, 0.3) is 0 Å². The minimum absolute atomic E-state index is 0.0722. The van der Waals surface area contributed by atoms with Crippen molar-refractivity contribution < 1.29 is 14.3 Å². The number of halogens is 1. The van der Waals surface area contributed by atoms with Crippen molar-refractivity contribution in [3.8, 4) is 11.5 Å². The molecule has 1 saturated heterocycles. The minimum atomic E-state index is -0.148. The topological polar surface area (TPSA) is 59.6 Å². The summed E-state index contributed by atoms with van der Waals surface area (Å²) in [4.78, 5) is 12.0. The number of amides is 1. The van der Waals surface area contributed by atoms with Crippen molar-refractivity contribution in [1.82, 2.24) is 5.32 Å². The SMILES string of the molecule is COc1cc(OC)c(NC(=O)[C@@H]2CCCN2)cc1Cl. The molecular formula is C13H17ClN2O3. The van der Waals surface area contributed by atoms with Gasteiger partial charge in [0.2, 0.25) is 5.91 Å². The predicted octanol–water partition coefficient (Wildman–Crippen LogP) is 2.05. The molecular weight excluding hydrogens is 268 g/mol. The lowest BCUT2D eigenvalue weighted by Gasteiger charge is -2.15. The molecule has 1 heterocycles. The van der Waals surface area contributed by atoms with E-state index in [4.69, 9.17) is 21.1 Å². The van der Waals surface area contributed by atoms with Gasteiger partial charge in [-0.15, -0.1) is 0 Å². The molecule has 1 amide bonds. The van der Waals surface area contributed by atoms with E-state index in [0.29, 0.717) is 22.2 Å². The molecule has 1 aromatic carbocycles. The molecule has 0 aliphatic carbocycles. The Labute approximate surface area is 117 Å². The molecule has 2 N–H and O–H groups in total. The second kappa shape index (κ2) is 6.12. The van der Waals surface area contributed by atoms with Crippen LogP contribution < -0.4 is 20.1 Å². The second-order valence-corrected chi connectivity index (χ2v) is 4.73. The van der Waals surface area contributed by atoms with Crippen molar-refractivity contribution in [3.05, 3.63) is 17.2 Å². The van der Waals surface area contributed by atoms with Gasteiger partial charge in [0.05, 0.1) is 31.0 Å². The maximum absolute atomic E-state index is 12.0. The van der Waals surface area contributed by atoms with Gasteiger partial charge in [-0.2, -0.15) is 0 Å². The molecule has 0 saturated carbocycles. The summed E-state index contributed by atoms with van der Waals surface area (Å²) in [5.41, 5.74) is 0.548.